The number of hydrogen-bond acceptors (Lipinski definition) is 6. The molecule has 0 aromatic carbocycles. The monoisotopic (exact) mass is 314 g/mol. The van der Waals surface area contributed by atoms with E-state index in [0.717, 1.165) is 6.42 Å². The van der Waals surface area contributed by atoms with E-state index in [4.69, 9.17) is 0 Å². The third kappa shape index (κ3) is 9.89. The number of unbranched alkanes of at least 4 members (excludes halogenated alkanes) is 1. The van der Waals surface area contributed by atoms with Crippen LogP contribution in [-0.2, 0) is 29.2 Å². The lowest BCUT2D eigenvalue weighted by Crippen LogP contribution is -2.18. The van der Waals surface area contributed by atoms with Gasteiger partial charge < -0.3 is 4.74 Å². The van der Waals surface area contributed by atoms with Crippen molar-refractivity contribution in [2.24, 2.45) is 0 Å². The normalized spacial score (nSPS) is 12.3. The average molecular weight is 314 g/mol. The van der Waals surface area contributed by atoms with Gasteiger partial charge in [0, 0.05) is 0 Å². The van der Waals surface area contributed by atoms with Gasteiger partial charge in [0.25, 0.3) is 0 Å². The summed E-state index contributed by atoms with van der Waals surface area (Å²) < 4.78 is 50.5. The topological polar surface area (TPSA) is 94.6 Å². The average Bonchev–Trinajstić information content (AvgIpc) is 2.33. The second-order valence-electron chi connectivity index (χ2n) is 4.34. The summed E-state index contributed by atoms with van der Waals surface area (Å²) in [4.78, 5) is 10.8. The van der Waals surface area contributed by atoms with Gasteiger partial charge in [0.05, 0.1) is 36.5 Å². The second kappa shape index (κ2) is 8.52. The van der Waals surface area contributed by atoms with E-state index in [1.54, 1.807) is 0 Å². The molecule has 0 heterocycles. The van der Waals surface area contributed by atoms with Gasteiger partial charge in [0.15, 0.2) is 9.84 Å². The Kier molecular flexibility index (Phi) is 8.24. The van der Waals surface area contributed by atoms with Crippen molar-refractivity contribution in [3.63, 3.8) is 0 Å². The Bertz CT molecular complexity index is 463. The molecular weight excluding hydrogens is 292 g/mol. The molecule has 0 aliphatic rings. The Hall–Kier alpha value is -0.630. The molecule has 0 saturated carbocycles. The number of hydrogen-bond donors (Lipinski definition) is 0. The lowest BCUT2D eigenvalue weighted by Gasteiger charge is -2.05. The van der Waals surface area contributed by atoms with Crippen molar-refractivity contribution in [3.05, 3.63) is 0 Å². The summed E-state index contributed by atoms with van der Waals surface area (Å²) in [5.41, 5.74) is 0. The van der Waals surface area contributed by atoms with Crippen molar-refractivity contribution in [1.29, 1.82) is 0 Å². The zero-order valence-corrected chi connectivity index (χ0v) is 13.1. The molecule has 0 saturated heterocycles. The van der Waals surface area contributed by atoms with E-state index in [1.165, 1.54) is 7.11 Å². The van der Waals surface area contributed by atoms with Gasteiger partial charge in [-0.05, 0) is 12.8 Å². The van der Waals surface area contributed by atoms with Gasteiger partial charge in [-0.2, -0.15) is 0 Å². The zero-order valence-electron chi connectivity index (χ0n) is 11.4. The predicted molar refractivity (Wildman–Crippen MR) is 73.5 cm³/mol. The predicted octanol–water partition coefficient (Wildman–Crippen LogP) is 0.569. The van der Waals surface area contributed by atoms with Crippen LogP contribution in [-0.4, -0.2) is 52.9 Å². The van der Waals surface area contributed by atoms with Gasteiger partial charge in [-0.15, -0.1) is 0 Å². The minimum atomic E-state index is -3.39. The molecule has 0 aliphatic heterocycles. The molecule has 0 unspecified atom stereocenters. The smallest absolute Gasteiger partial charge is 0.306 e. The number of sulfone groups is 2. The quantitative estimate of drug-likeness (QED) is 0.547. The van der Waals surface area contributed by atoms with Crippen molar-refractivity contribution < 1.29 is 26.4 Å². The Labute approximate surface area is 115 Å². The fraction of sp³-hybridized carbons (Fsp3) is 0.909. The highest BCUT2D eigenvalue weighted by Gasteiger charge is 2.16. The second-order valence-corrected chi connectivity index (χ2v) is 8.94. The summed E-state index contributed by atoms with van der Waals surface area (Å²) in [5, 5.41) is 0. The van der Waals surface area contributed by atoms with Crippen molar-refractivity contribution >= 4 is 25.6 Å². The van der Waals surface area contributed by atoms with Crippen LogP contribution >= 0.6 is 0 Å². The third-order valence-corrected chi connectivity index (χ3v) is 6.12. The molecule has 8 heteroatoms. The lowest BCUT2D eigenvalue weighted by atomic mass is 10.4. The minimum absolute atomic E-state index is 0.0789. The maximum Gasteiger partial charge on any atom is 0.306 e. The van der Waals surface area contributed by atoms with Crippen molar-refractivity contribution in [2.75, 3.05) is 30.1 Å². The molecule has 19 heavy (non-hydrogen) atoms. The van der Waals surface area contributed by atoms with Crippen molar-refractivity contribution in [2.45, 2.75) is 32.6 Å². The Balaban J connectivity index is 4.08. The van der Waals surface area contributed by atoms with Crippen LogP contribution in [0.3, 0.4) is 0 Å². The van der Waals surface area contributed by atoms with Gasteiger partial charge in [-0.3, -0.25) is 4.79 Å². The van der Waals surface area contributed by atoms with Crippen molar-refractivity contribution in [1.82, 2.24) is 0 Å². The van der Waals surface area contributed by atoms with Crippen LogP contribution in [0.4, 0.5) is 0 Å². The molecule has 6 nitrogen and oxygen atoms in total. The van der Waals surface area contributed by atoms with E-state index >= 15 is 0 Å². The molecule has 0 spiro atoms. The SMILES string of the molecule is CCCCS(=O)(=O)CCCS(=O)(=O)CCC(=O)OC. The number of carbonyl (C=O) groups is 1. The summed E-state index contributed by atoms with van der Waals surface area (Å²) in [5.74, 6) is -1.11. The molecule has 0 aromatic heterocycles. The number of ether oxygens (including phenoxy) is 1. The van der Waals surface area contributed by atoms with Crippen LogP contribution in [0.5, 0.6) is 0 Å². The summed E-state index contributed by atoms with van der Waals surface area (Å²) in [7, 11) is -5.36. The van der Waals surface area contributed by atoms with Crippen LogP contribution in [0, 0.1) is 0 Å². The fourth-order valence-corrected chi connectivity index (χ4v) is 4.37. The van der Waals surface area contributed by atoms with Gasteiger partial charge in [-0.25, -0.2) is 16.8 Å². The number of methoxy groups -OCH3 is 1. The molecule has 114 valence electrons. The van der Waals surface area contributed by atoms with Crippen LogP contribution in [0.15, 0.2) is 0 Å². The molecule has 0 amide bonds. The first-order valence-electron chi connectivity index (χ1n) is 6.20. The summed E-state index contributed by atoms with van der Waals surface area (Å²) >= 11 is 0. The van der Waals surface area contributed by atoms with Gasteiger partial charge in [0.2, 0.25) is 0 Å². The van der Waals surface area contributed by atoms with E-state index in [9.17, 15) is 21.6 Å². The van der Waals surface area contributed by atoms with Crippen molar-refractivity contribution in [3.8, 4) is 0 Å². The van der Waals surface area contributed by atoms with Gasteiger partial charge >= 0.3 is 5.97 Å². The lowest BCUT2D eigenvalue weighted by molar-refractivity contribution is -0.140. The Morgan fingerprint density at radius 1 is 0.895 bits per heavy atom. The molecule has 0 atom stereocenters. The maximum atomic E-state index is 11.5. The first-order chi connectivity index (χ1) is 8.72. The van der Waals surface area contributed by atoms with E-state index < -0.39 is 25.6 Å². The number of rotatable bonds is 10. The highest BCUT2D eigenvalue weighted by atomic mass is 32.2. The molecule has 0 fully saturated rings. The van der Waals surface area contributed by atoms with Gasteiger partial charge in [0.1, 0.15) is 9.84 Å². The largest absolute Gasteiger partial charge is 0.469 e. The fourth-order valence-electron chi connectivity index (χ4n) is 1.41. The third-order valence-electron chi connectivity index (χ3n) is 2.56. The zero-order chi connectivity index (χ0) is 14.9. The first-order valence-corrected chi connectivity index (χ1v) is 9.84. The maximum absolute atomic E-state index is 11.5. The van der Waals surface area contributed by atoms with Crippen LogP contribution in [0.1, 0.15) is 32.6 Å². The Morgan fingerprint density at radius 3 is 1.84 bits per heavy atom. The highest BCUT2D eigenvalue weighted by molar-refractivity contribution is 7.92. The summed E-state index contributed by atoms with van der Waals surface area (Å²) in [6.45, 7) is 1.90. The molecule has 0 radical (unpaired) electrons. The van der Waals surface area contributed by atoms with E-state index in [-0.39, 0.29) is 35.9 Å². The van der Waals surface area contributed by atoms with Crippen LogP contribution < -0.4 is 0 Å². The standard InChI is InChI=1S/C11H22O6S2/c1-3-4-7-18(13,14)8-5-9-19(15,16)10-6-11(12)17-2/h3-10H2,1-2H3. The van der Waals surface area contributed by atoms with E-state index in [0.29, 0.717) is 6.42 Å². The minimum Gasteiger partial charge on any atom is -0.469 e. The number of carbonyl (C=O) groups excluding carboxylic acids is 1. The number of esters is 1. The molecule has 0 rings (SSSR count). The van der Waals surface area contributed by atoms with E-state index in [2.05, 4.69) is 4.74 Å². The molecule has 0 aliphatic carbocycles. The van der Waals surface area contributed by atoms with Crippen LogP contribution in [0.2, 0.25) is 0 Å². The molecular formula is C11H22O6S2. The summed E-state index contributed by atoms with van der Waals surface area (Å²) in [6, 6.07) is 0. The first kappa shape index (κ1) is 18.4. The van der Waals surface area contributed by atoms with Crippen LogP contribution in [0.25, 0.3) is 0 Å². The molecule has 0 N–H and O–H groups in total. The van der Waals surface area contributed by atoms with Gasteiger partial charge in [-0.1, -0.05) is 13.3 Å². The highest BCUT2D eigenvalue weighted by Crippen LogP contribution is 2.03. The summed E-state index contributed by atoms with van der Waals surface area (Å²) in [6.07, 6.45) is 1.27. The Morgan fingerprint density at radius 2 is 1.37 bits per heavy atom. The molecule has 0 bridgehead atoms. The van der Waals surface area contributed by atoms with E-state index in [1.807, 2.05) is 6.92 Å². The molecule has 0 aromatic rings.